The lowest BCUT2D eigenvalue weighted by Crippen LogP contribution is -2.17. The Morgan fingerprint density at radius 3 is 2.63 bits per heavy atom. The van der Waals surface area contributed by atoms with Crippen LogP contribution in [0.4, 0.5) is 18.9 Å². The van der Waals surface area contributed by atoms with Crippen molar-refractivity contribution in [2.45, 2.75) is 12.9 Å². The van der Waals surface area contributed by atoms with Crippen molar-refractivity contribution in [2.24, 2.45) is 0 Å². The third kappa shape index (κ3) is 4.20. The summed E-state index contributed by atoms with van der Waals surface area (Å²) in [7, 11) is 0. The summed E-state index contributed by atoms with van der Waals surface area (Å²) in [4.78, 5) is 0. The average molecular weight is 336 g/mol. The molecule has 1 heterocycles. The van der Waals surface area contributed by atoms with E-state index < -0.39 is 6.36 Å². The Balaban J connectivity index is 2.02. The van der Waals surface area contributed by atoms with E-state index in [-0.39, 0.29) is 10.2 Å². The van der Waals surface area contributed by atoms with Crippen LogP contribution in [0.15, 0.2) is 45.7 Å². The lowest BCUT2D eigenvalue weighted by molar-refractivity contribution is -0.274. The minimum Gasteiger partial charge on any atom is -0.472 e. The van der Waals surface area contributed by atoms with Gasteiger partial charge in [0.05, 0.1) is 17.0 Å². The van der Waals surface area contributed by atoms with Gasteiger partial charge in [0.2, 0.25) is 0 Å². The fraction of sp³-hybridized carbons (Fsp3) is 0.167. The van der Waals surface area contributed by atoms with Gasteiger partial charge in [0, 0.05) is 17.8 Å². The summed E-state index contributed by atoms with van der Waals surface area (Å²) in [6.07, 6.45) is -1.56. The van der Waals surface area contributed by atoms with Crippen molar-refractivity contribution in [1.82, 2.24) is 0 Å². The van der Waals surface area contributed by atoms with Crippen LogP contribution in [-0.4, -0.2) is 6.36 Å². The fourth-order valence-corrected chi connectivity index (χ4v) is 1.88. The highest BCUT2D eigenvalue weighted by Gasteiger charge is 2.31. The third-order valence-corrected chi connectivity index (χ3v) is 2.85. The zero-order chi connectivity index (χ0) is 13.9. The zero-order valence-electron chi connectivity index (χ0n) is 9.50. The molecule has 2 aromatic rings. The van der Waals surface area contributed by atoms with Gasteiger partial charge in [-0.2, -0.15) is 0 Å². The number of rotatable bonds is 4. The summed E-state index contributed by atoms with van der Waals surface area (Å²) in [6.45, 7) is 0.516. The quantitative estimate of drug-likeness (QED) is 0.889. The van der Waals surface area contributed by atoms with Crippen LogP contribution in [0.1, 0.15) is 5.56 Å². The van der Waals surface area contributed by atoms with Gasteiger partial charge in [0.15, 0.2) is 0 Å². The molecule has 0 unspecified atom stereocenters. The molecule has 0 spiro atoms. The first-order valence-electron chi connectivity index (χ1n) is 5.24. The maximum Gasteiger partial charge on any atom is 0.573 e. The Hall–Kier alpha value is -1.63. The molecule has 19 heavy (non-hydrogen) atoms. The standard InChI is InChI=1S/C12H9BrF3NO2/c13-10-5-9(17-6-8-3-4-18-7-8)1-2-11(10)19-12(14,15)16/h1-5,7,17H,6H2. The van der Waals surface area contributed by atoms with E-state index in [4.69, 9.17) is 4.42 Å². The van der Waals surface area contributed by atoms with Crippen LogP contribution >= 0.6 is 15.9 Å². The summed E-state index contributed by atoms with van der Waals surface area (Å²) in [6, 6.07) is 6.06. The molecule has 0 saturated heterocycles. The molecule has 0 radical (unpaired) electrons. The van der Waals surface area contributed by atoms with Crippen LogP contribution in [0.3, 0.4) is 0 Å². The molecule has 0 amide bonds. The molecule has 0 fully saturated rings. The van der Waals surface area contributed by atoms with Crippen molar-refractivity contribution in [1.29, 1.82) is 0 Å². The lowest BCUT2D eigenvalue weighted by Gasteiger charge is -2.12. The summed E-state index contributed by atoms with van der Waals surface area (Å²) >= 11 is 3.04. The predicted octanol–water partition coefficient (Wildman–Crippen LogP) is 4.55. The lowest BCUT2D eigenvalue weighted by atomic mass is 10.3. The number of hydrogen-bond acceptors (Lipinski definition) is 3. The van der Waals surface area contributed by atoms with Gasteiger partial charge in [0.1, 0.15) is 5.75 Å². The molecule has 1 aromatic carbocycles. The van der Waals surface area contributed by atoms with E-state index in [1.807, 2.05) is 0 Å². The minimum absolute atomic E-state index is 0.224. The zero-order valence-corrected chi connectivity index (χ0v) is 11.1. The summed E-state index contributed by atoms with van der Waals surface area (Å²) in [5.74, 6) is -0.277. The molecule has 0 bridgehead atoms. The molecular formula is C12H9BrF3NO2. The van der Waals surface area contributed by atoms with E-state index in [1.54, 1.807) is 18.6 Å². The number of anilines is 1. The first-order valence-corrected chi connectivity index (χ1v) is 6.03. The summed E-state index contributed by atoms with van der Waals surface area (Å²) in [5, 5.41) is 3.05. The molecular weight excluding hydrogens is 327 g/mol. The number of alkyl halides is 3. The highest BCUT2D eigenvalue weighted by molar-refractivity contribution is 9.10. The number of nitrogens with one attached hydrogen (secondary N) is 1. The second kappa shape index (κ2) is 5.56. The number of halogens is 4. The molecule has 0 saturated carbocycles. The smallest absolute Gasteiger partial charge is 0.472 e. The van der Waals surface area contributed by atoms with Gasteiger partial charge < -0.3 is 14.5 Å². The number of ether oxygens (including phenoxy) is 1. The molecule has 2 rings (SSSR count). The fourth-order valence-electron chi connectivity index (χ4n) is 1.42. The Bertz CT molecular complexity index is 540. The van der Waals surface area contributed by atoms with E-state index in [0.29, 0.717) is 12.2 Å². The van der Waals surface area contributed by atoms with Crippen molar-refractivity contribution >= 4 is 21.6 Å². The summed E-state index contributed by atoms with van der Waals surface area (Å²) in [5.41, 5.74) is 1.61. The molecule has 0 aliphatic heterocycles. The van der Waals surface area contributed by atoms with Crippen molar-refractivity contribution in [3.05, 3.63) is 46.8 Å². The molecule has 1 N–H and O–H groups in total. The molecule has 7 heteroatoms. The molecule has 102 valence electrons. The van der Waals surface area contributed by atoms with Crippen LogP contribution in [0.5, 0.6) is 5.75 Å². The van der Waals surface area contributed by atoms with Crippen molar-refractivity contribution in [3.8, 4) is 5.75 Å². The second-order valence-electron chi connectivity index (χ2n) is 3.68. The number of benzene rings is 1. The average Bonchev–Trinajstić information content (AvgIpc) is 2.81. The van der Waals surface area contributed by atoms with E-state index in [9.17, 15) is 13.2 Å². The maximum absolute atomic E-state index is 12.1. The number of furan rings is 1. The van der Waals surface area contributed by atoms with Gasteiger partial charge in [-0.05, 0) is 40.2 Å². The van der Waals surface area contributed by atoms with E-state index >= 15 is 0 Å². The summed E-state index contributed by atoms with van der Waals surface area (Å²) < 4.78 is 45.2. The highest BCUT2D eigenvalue weighted by Crippen LogP contribution is 2.32. The predicted molar refractivity (Wildman–Crippen MR) is 66.9 cm³/mol. The largest absolute Gasteiger partial charge is 0.573 e. The Morgan fingerprint density at radius 1 is 1.26 bits per heavy atom. The molecule has 0 atom stereocenters. The van der Waals surface area contributed by atoms with E-state index in [1.165, 1.54) is 18.2 Å². The van der Waals surface area contributed by atoms with Crippen LogP contribution in [0.2, 0.25) is 0 Å². The van der Waals surface area contributed by atoms with Crippen LogP contribution < -0.4 is 10.1 Å². The van der Waals surface area contributed by atoms with Gasteiger partial charge >= 0.3 is 6.36 Å². The van der Waals surface area contributed by atoms with Gasteiger partial charge in [-0.25, -0.2) is 0 Å². The van der Waals surface area contributed by atoms with Gasteiger partial charge in [-0.15, -0.1) is 13.2 Å². The minimum atomic E-state index is -4.70. The Morgan fingerprint density at radius 2 is 2.05 bits per heavy atom. The van der Waals surface area contributed by atoms with E-state index in [0.717, 1.165) is 5.56 Å². The molecule has 1 aromatic heterocycles. The van der Waals surface area contributed by atoms with Crippen LogP contribution in [0, 0.1) is 0 Å². The second-order valence-corrected chi connectivity index (χ2v) is 4.53. The third-order valence-electron chi connectivity index (χ3n) is 2.23. The molecule has 0 aliphatic rings. The molecule has 3 nitrogen and oxygen atoms in total. The van der Waals surface area contributed by atoms with Crippen molar-refractivity contribution < 1.29 is 22.3 Å². The number of hydrogen-bond donors (Lipinski definition) is 1. The maximum atomic E-state index is 12.1. The van der Waals surface area contributed by atoms with E-state index in [2.05, 4.69) is 26.0 Å². The monoisotopic (exact) mass is 335 g/mol. The molecule has 0 aliphatic carbocycles. The van der Waals surface area contributed by atoms with Crippen LogP contribution in [-0.2, 0) is 6.54 Å². The van der Waals surface area contributed by atoms with Crippen molar-refractivity contribution in [2.75, 3.05) is 5.32 Å². The highest BCUT2D eigenvalue weighted by atomic mass is 79.9. The SMILES string of the molecule is FC(F)(F)Oc1ccc(NCc2ccoc2)cc1Br. The van der Waals surface area contributed by atoms with Gasteiger partial charge in [0.25, 0.3) is 0 Å². The normalized spacial score (nSPS) is 11.4. The Kier molecular flexibility index (Phi) is 4.04. The topological polar surface area (TPSA) is 34.4 Å². The van der Waals surface area contributed by atoms with Crippen LogP contribution in [0.25, 0.3) is 0 Å². The van der Waals surface area contributed by atoms with Gasteiger partial charge in [-0.3, -0.25) is 0 Å². The Labute approximate surface area is 115 Å². The van der Waals surface area contributed by atoms with Gasteiger partial charge in [-0.1, -0.05) is 0 Å². The first-order chi connectivity index (χ1) is 8.94. The first kappa shape index (κ1) is 13.8. The van der Waals surface area contributed by atoms with Crippen molar-refractivity contribution in [3.63, 3.8) is 0 Å².